The molecule has 137 heavy (non-hydrogen) atoms. The third kappa shape index (κ3) is 12.2. The lowest BCUT2D eigenvalue weighted by Crippen LogP contribution is -2.51. The van der Waals surface area contributed by atoms with Crippen LogP contribution in [0.5, 0.6) is 0 Å². The van der Waals surface area contributed by atoms with Crippen LogP contribution >= 0.6 is 11.3 Å². The molecule has 0 atom stereocenters. The Labute approximate surface area is 798 Å². The predicted molar refractivity (Wildman–Crippen MR) is 581 cm³/mol. The van der Waals surface area contributed by atoms with E-state index in [0.717, 1.165) is 118 Å². The fourth-order valence-corrected chi connectivity index (χ4v) is 33.1. The molecule has 0 unspecified atom stereocenters. The van der Waals surface area contributed by atoms with Gasteiger partial charge in [-0.25, -0.2) is 29.9 Å². The molecular formula is C123H89N9OSSi3. The molecule has 0 spiro atoms. The summed E-state index contributed by atoms with van der Waals surface area (Å²) in [6.07, 6.45) is 0. The zero-order valence-electron chi connectivity index (χ0n) is 76.9. The summed E-state index contributed by atoms with van der Waals surface area (Å²) in [6.45, 7) is 19.2. The maximum Gasteiger partial charge on any atom is 0.235 e. The van der Waals surface area contributed by atoms with E-state index in [1.54, 1.807) is 0 Å². The van der Waals surface area contributed by atoms with Crippen molar-refractivity contribution in [2.45, 2.75) is 58.5 Å². The third-order valence-corrected chi connectivity index (χ3v) is 41.0. The van der Waals surface area contributed by atoms with E-state index in [1.807, 2.05) is 23.5 Å². The monoisotopic (exact) mass is 1820 g/mol. The van der Waals surface area contributed by atoms with Gasteiger partial charge in [-0.1, -0.05) is 332 Å². The molecule has 0 bridgehead atoms. The number of benzene rings is 17. The van der Waals surface area contributed by atoms with Crippen LogP contribution in [0.4, 0.5) is 0 Å². The molecule has 0 N–H and O–H groups in total. The summed E-state index contributed by atoms with van der Waals surface area (Å²) >= 11 is 1.87. The fraction of sp³-hybridized carbons (Fsp3) is 0.0732. The Hall–Kier alpha value is -15.9. The van der Waals surface area contributed by atoms with E-state index in [2.05, 4.69) is 449 Å². The van der Waals surface area contributed by atoms with E-state index in [4.69, 9.17) is 34.3 Å². The Kier molecular flexibility index (Phi) is 17.8. The Morgan fingerprint density at radius 2 is 0.635 bits per heavy atom. The first-order valence-electron chi connectivity index (χ1n) is 47.3. The number of furan rings is 1. The molecule has 0 fully saturated rings. The molecule has 4 aliphatic rings. The largest absolute Gasteiger partial charge is 0.456 e. The van der Waals surface area contributed by atoms with Gasteiger partial charge in [-0.2, -0.15) is 0 Å². The molecule has 3 aliphatic heterocycles. The molecule has 0 amide bonds. The average molecular weight is 1830 g/mol. The summed E-state index contributed by atoms with van der Waals surface area (Å²) in [7, 11) is -6.11. The van der Waals surface area contributed by atoms with Crippen molar-refractivity contribution in [1.82, 2.24) is 43.6 Å². The summed E-state index contributed by atoms with van der Waals surface area (Å²) in [6, 6.07) is 142. The van der Waals surface area contributed by atoms with E-state index in [-0.39, 0.29) is 5.41 Å². The van der Waals surface area contributed by atoms with Gasteiger partial charge in [0.1, 0.15) is 35.4 Å². The zero-order valence-corrected chi connectivity index (χ0v) is 80.7. The highest BCUT2D eigenvalue weighted by molar-refractivity contribution is 7.26. The third-order valence-electron chi connectivity index (χ3n) is 29.9. The van der Waals surface area contributed by atoms with Crippen LogP contribution in [-0.2, 0) is 5.41 Å². The highest BCUT2D eigenvalue weighted by Crippen LogP contribution is 2.53. The molecule has 0 saturated heterocycles. The van der Waals surface area contributed by atoms with E-state index < -0.39 is 24.2 Å². The Morgan fingerprint density at radius 3 is 1.15 bits per heavy atom. The van der Waals surface area contributed by atoms with Gasteiger partial charge in [0.2, 0.25) is 5.95 Å². The van der Waals surface area contributed by atoms with E-state index >= 15 is 0 Å². The summed E-state index contributed by atoms with van der Waals surface area (Å²) in [5.41, 5.74) is 32.4. The number of aromatic nitrogens is 9. The topological polar surface area (TPSA) is 105 Å². The summed E-state index contributed by atoms with van der Waals surface area (Å²) in [5.74, 6) is 2.32. The van der Waals surface area contributed by atoms with Gasteiger partial charge in [-0.05, 0) is 170 Å². The van der Waals surface area contributed by atoms with Crippen LogP contribution in [0.1, 0.15) is 25.0 Å². The smallest absolute Gasteiger partial charge is 0.235 e. The van der Waals surface area contributed by atoms with Crippen molar-refractivity contribution in [1.29, 1.82) is 0 Å². The quantitative estimate of drug-likeness (QED) is 0.140. The van der Waals surface area contributed by atoms with Gasteiger partial charge in [-0.3, -0.25) is 4.57 Å². The van der Waals surface area contributed by atoms with Crippen LogP contribution in [0.2, 0.25) is 39.3 Å². The van der Waals surface area contributed by atoms with Crippen molar-refractivity contribution in [2.24, 2.45) is 0 Å². The second kappa shape index (κ2) is 30.3. The van der Waals surface area contributed by atoms with Crippen LogP contribution in [-0.4, -0.2) is 67.8 Å². The van der Waals surface area contributed by atoms with Gasteiger partial charge in [0.25, 0.3) is 0 Å². The first-order chi connectivity index (χ1) is 67.0. The van der Waals surface area contributed by atoms with Gasteiger partial charge in [0.15, 0.2) is 11.6 Å². The average Bonchev–Trinajstić information content (AvgIpc) is 1.53. The Morgan fingerprint density at radius 1 is 0.248 bits per heavy atom. The molecule has 0 saturated carbocycles. The van der Waals surface area contributed by atoms with Crippen LogP contribution < -0.4 is 31.5 Å². The van der Waals surface area contributed by atoms with E-state index in [1.165, 1.54) is 151 Å². The van der Waals surface area contributed by atoms with E-state index in [9.17, 15) is 0 Å². The van der Waals surface area contributed by atoms with Crippen LogP contribution in [0.25, 0.3) is 226 Å². The summed E-state index contributed by atoms with van der Waals surface area (Å²) in [4.78, 5) is 32.3. The van der Waals surface area contributed by atoms with Crippen LogP contribution in [0.15, 0.2) is 399 Å². The molecule has 0 radical (unpaired) electrons. The maximum absolute atomic E-state index is 6.28. The number of nitrogens with zero attached hydrogens (tertiary/aromatic N) is 9. The minimum atomic E-state index is -2.07. The van der Waals surface area contributed by atoms with Gasteiger partial charge in [0.05, 0.1) is 50.2 Å². The van der Waals surface area contributed by atoms with E-state index in [0.29, 0.717) is 0 Å². The highest BCUT2D eigenvalue weighted by Gasteiger charge is 2.46. The lowest BCUT2D eigenvalue weighted by Gasteiger charge is -2.21. The molecule has 14 heteroatoms. The van der Waals surface area contributed by atoms with Gasteiger partial charge < -0.3 is 13.6 Å². The zero-order chi connectivity index (χ0) is 91.6. The van der Waals surface area contributed by atoms with Crippen molar-refractivity contribution in [3.8, 4) is 118 Å². The molecular weight excluding hydrogens is 1740 g/mol. The number of rotatable bonds is 8. The maximum atomic E-state index is 6.28. The number of fused-ring (bicyclic) bond motifs is 27. The molecule has 10 nitrogen and oxygen atoms in total. The highest BCUT2D eigenvalue weighted by atomic mass is 32.1. The van der Waals surface area contributed by atoms with Gasteiger partial charge >= 0.3 is 0 Å². The summed E-state index contributed by atoms with van der Waals surface area (Å²) < 4.78 is 16.0. The number of thiophene rings is 1. The number of hydrogen-bond donors (Lipinski definition) is 0. The number of para-hydroxylation sites is 4. The first kappa shape index (κ1) is 80.7. The summed E-state index contributed by atoms with van der Waals surface area (Å²) in [5, 5.41) is 20.3. The number of hydrogen-bond acceptors (Lipinski definition) is 8. The van der Waals surface area contributed by atoms with Crippen LogP contribution in [0, 0.1) is 0 Å². The molecule has 8 aromatic heterocycles. The van der Waals surface area contributed by atoms with Gasteiger partial charge in [-0.15, -0.1) is 11.3 Å². The van der Waals surface area contributed by atoms with Crippen molar-refractivity contribution in [2.75, 3.05) is 0 Å². The van der Waals surface area contributed by atoms with Gasteiger partial charge in [0, 0.05) is 141 Å². The SMILES string of the molecule is CC1(C)c2ccccc2-c2cc3c(cc21)c1ccccc1n3-c1nc(-c2ccccc2)c2c(n1)[Si](C)(C)c1ccccc1-2.C[Si]1(C)c2ccccc2-c2c(-c3ccccc3)nc(-c3ccc(-n4c5ccccc5c5cc6oc7ccccc7c6cc54)cc3)nc21.C[Si]1(C)c2ccccc2-c2c(-c3ccccc3)nc(-c3ccc(-n4c5ccccc5c5cc6sc7ccccc7c6cc54)cc3)nc21. The molecule has 17 aromatic carbocycles. The molecule has 29 rings (SSSR count). The Balaban J connectivity index is 0.000000104. The standard InChI is InChI=1S/C42H29N3OSi.C42H29N3SSi.C39H31N3Si/c2*1-47(2)38-19-11-8-16-31(38)39-40(26-12-4-3-5-13-26)43-41(44-42(39)47)27-20-22-28(23-21-27)45-34-17-9-6-14-29(34)32-25-37-33(24-35(32)45)30-15-7-10-18-36(30)46-37;1-39(2)30-19-11-8-16-25(30)28-23-33-29(22-31(28)39)26-17-9-12-20-32(26)42(33)38-40-36(24-14-6-5-7-15-24)35-27-18-10-13-21-34(27)43(3,4)37(35)41-38/h2*3-25H,1-2H3;5-23H,1-4H3. The lowest BCUT2D eigenvalue weighted by molar-refractivity contribution is 0.661. The second-order valence-electron chi connectivity index (χ2n) is 39.1. The minimum Gasteiger partial charge on any atom is -0.456 e. The Bertz CT molecular complexity index is 9040. The molecule has 650 valence electrons. The van der Waals surface area contributed by atoms with Crippen molar-refractivity contribution in [3.63, 3.8) is 0 Å². The lowest BCUT2D eigenvalue weighted by atomic mass is 9.82. The molecule has 11 heterocycles. The second-order valence-corrected chi connectivity index (χ2v) is 53.0. The predicted octanol–water partition coefficient (Wildman–Crippen LogP) is 28.0. The fourth-order valence-electron chi connectivity index (χ4n) is 23.2. The molecule has 1 aliphatic carbocycles. The van der Waals surface area contributed by atoms with Crippen molar-refractivity contribution >= 4 is 175 Å². The normalized spacial score (nSPS) is 14.1. The van der Waals surface area contributed by atoms with Crippen molar-refractivity contribution < 1.29 is 4.42 Å². The van der Waals surface area contributed by atoms with Crippen molar-refractivity contribution in [3.05, 3.63) is 405 Å². The first-order valence-corrected chi connectivity index (χ1v) is 57.1. The molecule has 25 aromatic rings. The minimum absolute atomic E-state index is 0.0602. The van der Waals surface area contributed by atoms with Crippen LogP contribution in [0.3, 0.4) is 0 Å².